The molecule has 0 unspecified atom stereocenters. The van der Waals surface area contributed by atoms with Gasteiger partial charge in [0.1, 0.15) is 17.1 Å². The van der Waals surface area contributed by atoms with E-state index in [0.717, 1.165) is 73.1 Å². The van der Waals surface area contributed by atoms with Gasteiger partial charge < -0.3 is 15.8 Å². The first kappa shape index (κ1) is 51.3. The average Bonchev–Trinajstić information content (AvgIpc) is 4.17. The fraction of sp³-hybridized carbons (Fsp3) is 0.217. The van der Waals surface area contributed by atoms with Crippen molar-refractivity contribution in [1.82, 2.24) is 35.0 Å². The molecule has 0 aliphatic carbocycles. The molecule has 9 aromatic rings. The number of nitrogens with two attached hydrogens (primary N) is 1. The quantitative estimate of drug-likeness (QED) is 0.0939. The summed E-state index contributed by atoms with van der Waals surface area (Å²) in [6, 6.07) is 47.5. The number of nitrogen functional groups attached to an aromatic ring is 1. The summed E-state index contributed by atoms with van der Waals surface area (Å²) in [5.41, 5.74) is 18.1. The van der Waals surface area contributed by atoms with Crippen LogP contribution in [0.1, 0.15) is 99.0 Å². The number of aromatic nitrogens is 7. The number of anilines is 1. The maximum atomic E-state index is 12.3. The van der Waals surface area contributed by atoms with Gasteiger partial charge in [-0.25, -0.2) is 9.36 Å². The molecule has 0 fully saturated rings. The van der Waals surface area contributed by atoms with Crippen LogP contribution in [0.25, 0.3) is 56.3 Å². The Bertz CT molecular complexity index is 2920. The van der Waals surface area contributed by atoms with Crippen LogP contribution in [0.3, 0.4) is 0 Å². The van der Waals surface area contributed by atoms with Crippen LogP contribution >= 0.6 is 0 Å². The zero-order valence-corrected chi connectivity index (χ0v) is 42.6. The van der Waals surface area contributed by atoms with Crippen LogP contribution in [-0.4, -0.2) is 57.4 Å². The Morgan fingerprint density at radius 2 is 0.833 bits per heavy atom. The fourth-order valence-electron chi connectivity index (χ4n) is 7.44. The molecule has 0 bridgehead atoms. The molecule has 366 valence electrons. The fourth-order valence-corrected chi connectivity index (χ4v) is 7.44. The van der Waals surface area contributed by atoms with Gasteiger partial charge in [-0.15, -0.1) is 10.2 Å². The molecule has 0 amide bonds. The minimum atomic E-state index is -0.399. The molecule has 72 heavy (non-hydrogen) atoms. The largest absolute Gasteiger partial charge is 0.508 e. The maximum absolute atomic E-state index is 12.3. The minimum Gasteiger partial charge on any atom is -0.508 e. The molecule has 12 nitrogen and oxygen atoms in total. The summed E-state index contributed by atoms with van der Waals surface area (Å²) in [4.78, 5) is 40.2. The van der Waals surface area contributed by atoms with Gasteiger partial charge in [-0.05, 0) is 78.2 Å². The lowest BCUT2D eigenvalue weighted by molar-refractivity contribution is 0.0852. The van der Waals surface area contributed by atoms with Crippen molar-refractivity contribution in [2.75, 3.05) is 5.73 Å². The predicted octanol–water partition coefficient (Wildman–Crippen LogP) is 13.5. The van der Waals surface area contributed by atoms with E-state index in [9.17, 15) is 19.5 Å². The molecule has 4 N–H and O–H groups in total. The number of aryl methyl sites for hydroxylation is 1. The number of nitrogens with one attached hydrogen (secondary N) is 1. The average molecular weight is 959 g/mol. The Morgan fingerprint density at radius 1 is 0.472 bits per heavy atom. The number of nitrogens with zero attached hydrogens (tertiary/aromatic N) is 6. The third-order valence-corrected chi connectivity index (χ3v) is 11.7. The van der Waals surface area contributed by atoms with Crippen molar-refractivity contribution in [3.8, 4) is 62.0 Å². The molecule has 0 saturated heterocycles. The number of hydrogen-bond acceptors (Lipinski definition) is 9. The van der Waals surface area contributed by atoms with E-state index in [2.05, 4.69) is 38.6 Å². The van der Waals surface area contributed by atoms with E-state index in [1.165, 1.54) is 5.56 Å². The lowest BCUT2D eigenvalue weighted by Crippen LogP contribution is -2.19. The minimum absolute atomic E-state index is 0.113. The standard InChI is InChI=1S/C21H22N2O.C20H21N3O.C19H19N3O2/c1-21(2,3)20(24)16-6-4-15(5-7-16)19-12-17(13-23-19)14-8-10-18(22)11-9-14;1-14-5-11-17(12-6-14)23-13-18(21-22-23)15-7-9-16(10-8-15)19(24)20(2,3)4;1-19(2,3)18(24)14-6-4-13(5-7-14)17-12-22(21-20-17)15-8-10-16(23)11-9-15/h4-13,23H,22H2,1-3H3;5-13H,1-4H3;4-12,23H,1-3H3. The monoisotopic (exact) mass is 958 g/mol. The van der Waals surface area contributed by atoms with Crippen molar-refractivity contribution in [2.45, 2.75) is 69.2 Å². The van der Waals surface area contributed by atoms with E-state index in [0.29, 0.717) is 5.56 Å². The number of benzene rings is 6. The molecule has 9 rings (SSSR count). The van der Waals surface area contributed by atoms with Crippen molar-refractivity contribution >= 4 is 23.0 Å². The molecule has 0 radical (unpaired) electrons. The van der Waals surface area contributed by atoms with Crippen molar-refractivity contribution in [1.29, 1.82) is 0 Å². The predicted molar refractivity (Wildman–Crippen MR) is 287 cm³/mol. The van der Waals surface area contributed by atoms with Crippen LogP contribution < -0.4 is 5.73 Å². The van der Waals surface area contributed by atoms with Crippen LogP contribution in [0.15, 0.2) is 170 Å². The molecule has 0 spiro atoms. The van der Waals surface area contributed by atoms with E-state index >= 15 is 0 Å². The molecule has 0 aliphatic rings. The molecule has 0 aliphatic heterocycles. The normalized spacial score (nSPS) is 11.5. The van der Waals surface area contributed by atoms with Gasteiger partial charge in [0.2, 0.25) is 0 Å². The number of hydrogen-bond donors (Lipinski definition) is 3. The van der Waals surface area contributed by atoms with E-state index < -0.39 is 5.41 Å². The van der Waals surface area contributed by atoms with Gasteiger partial charge in [0.15, 0.2) is 17.3 Å². The van der Waals surface area contributed by atoms with Gasteiger partial charge >= 0.3 is 0 Å². The van der Waals surface area contributed by atoms with E-state index in [-0.39, 0.29) is 33.9 Å². The van der Waals surface area contributed by atoms with Crippen molar-refractivity contribution < 1.29 is 19.5 Å². The van der Waals surface area contributed by atoms with E-state index in [1.54, 1.807) is 33.6 Å². The zero-order valence-electron chi connectivity index (χ0n) is 42.6. The molecular formula is C60H62N8O4. The van der Waals surface area contributed by atoms with Gasteiger partial charge in [-0.1, -0.05) is 175 Å². The highest BCUT2D eigenvalue weighted by Crippen LogP contribution is 2.30. The molecular weight excluding hydrogens is 897 g/mol. The first-order valence-electron chi connectivity index (χ1n) is 23.7. The number of carbonyl (C=O) groups is 3. The van der Waals surface area contributed by atoms with Crippen LogP contribution in [0.2, 0.25) is 0 Å². The van der Waals surface area contributed by atoms with Gasteiger partial charge in [0.05, 0.1) is 23.8 Å². The summed E-state index contributed by atoms with van der Waals surface area (Å²) in [5, 5.41) is 26.0. The van der Waals surface area contributed by atoms with Crippen molar-refractivity contribution in [3.63, 3.8) is 0 Å². The second-order valence-corrected chi connectivity index (χ2v) is 20.8. The molecule has 0 atom stereocenters. The molecule has 0 saturated carbocycles. The van der Waals surface area contributed by atoms with E-state index in [1.807, 2.05) is 202 Å². The SMILES string of the molecule is CC(C)(C)C(=O)c1ccc(-c2cc(-c3ccc(N)cc3)c[nH]2)cc1.CC(C)(C)C(=O)c1ccc(-c2cn(-c3ccc(O)cc3)nn2)cc1.Cc1ccc(-n2cc(-c3ccc(C(=O)C(C)(C)C)cc3)nn2)cc1. The zero-order chi connectivity index (χ0) is 52.0. The number of Topliss-reactive ketones (excluding diaryl/α,β-unsaturated/α-hetero) is 3. The topological polar surface area (TPSA) is 175 Å². The number of rotatable bonds is 9. The van der Waals surface area contributed by atoms with Crippen LogP contribution in [-0.2, 0) is 0 Å². The van der Waals surface area contributed by atoms with Gasteiger partial charge in [-0.2, -0.15) is 0 Å². The summed E-state index contributed by atoms with van der Waals surface area (Å²) in [7, 11) is 0. The van der Waals surface area contributed by atoms with Crippen LogP contribution in [0.4, 0.5) is 5.69 Å². The van der Waals surface area contributed by atoms with E-state index in [4.69, 9.17) is 5.73 Å². The maximum Gasteiger partial charge on any atom is 0.168 e. The Kier molecular flexibility index (Phi) is 15.1. The summed E-state index contributed by atoms with van der Waals surface area (Å²) in [5.74, 6) is 0.612. The number of aromatic amines is 1. The number of phenolic OH excluding ortho intramolecular Hbond substituents is 1. The summed E-state index contributed by atoms with van der Waals surface area (Å²) < 4.78 is 3.39. The number of ketones is 3. The Hall–Kier alpha value is -8.51. The summed E-state index contributed by atoms with van der Waals surface area (Å²) in [6.45, 7) is 19.4. The van der Waals surface area contributed by atoms with Gasteiger partial charge in [0.25, 0.3) is 0 Å². The smallest absolute Gasteiger partial charge is 0.168 e. The highest BCUT2D eigenvalue weighted by Gasteiger charge is 2.25. The summed E-state index contributed by atoms with van der Waals surface area (Å²) >= 11 is 0. The number of carbonyl (C=O) groups excluding carboxylic acids is 3. The Morgan fingerprint density at radius 3 is 1.22 bits per heavy atom. The Balaban J connectivity index is 0.000000158. The second-order valence-electron chi connectivity index (χ2n) is 20.8. The van der Waals surface area contributed by atoms with Crippen molar-refractivity contribution in [3.05, 3.63) is 193 Å². The molecule has 12 heteroatoms. The third kappa shape index (κ3) is 12.8. The summed E-state index contributed by atoms with van der Waals surface area (Å²) in [6.07, 6.45) is 5.69. The van der Waals surface area contributed by atoms with Crippen LogP contribution in [0.5, 0.6) is 5.75 Å². The highest BCUT2D eigenvalue weighted by molar-refractivity contribution is 6.01. The third-order valence-electron chi connectivity index (χ3n) is 11.7. The number of aromatic hydroxyl groups is 1. The molecule has 3 aromatic heterocycles. The van der Waals surface area contributed by atoms with Crippen molar-refractivity contribution in [2.24, 2.45) is 16.2 Å². The first-order valence-corrected chi connectivity index (χ1v) is 23.7. The first-order chi connectivity index (χ1) is 34.0. The molecule has 6 aromatic carbocycles. The van der Waals surface area contributed by atoms with Gasteiger partial charge in [0, 0.05) is 61.6 Å². The highest BCUT2D eigenvalue weighted by atomic mass is 16.3. The van der Waals surface area contributed by atoms with Crippen LogP contribution in [0, 0.1) is 23.2 Å². The lowest BCUT2D eigenvalue weighted by atomic mass is 9.86. The number of phenols is 1. The number of H-pyrrole nitrogens is 1. The Labute approximate surface area is 421 Å². The second kappa shape index (κ2) is 21.2. The lowest BCUT2D eigenvalue weighted by Gasteiger charge is -2.16. The van der Waals surface area contributed by atoms with Gasteiger partial charge in [-0.3, -0.25) is 14.4 Å². The molecule has 3 heterocycles.